The molecule has 1 aliphatic rings. The summed E-state index contributed by atoms with van der Waals surface area (Å²) in [4.78, 5) is 13.0. The monoisotopic (exact) mass is 254 g/mol. The largest absolute Gasteiger partial charge is 0.333 e. The van der Waals surface area contributed by atoms with Crippen LogP contribution in [0.4, 0.5) is 16.2 Å². The van der Waals surface area contributed by atoms with Crippen molar-refractivity contribution < 1.29 is 4.79 Å². The minimum Gasteiger partial charge on any atom is -0.333 e. The van der Waals surface area contributed by atoms with Crippen molar-refractivity contribution in [2.45, 2.75) is 6.54 Å². The number of nitriles is 2. The molecule has 0 bridgehead atoms. The Morgan fingerprint density at radius 1 is 1.47 bits per heavy atom. The van der Waals surface area contributed by atoms with Crippen molar-refractivity contribution in [2.75, 3.05) is 17.4 Å². The zero-order valence-electron chi connectivity index (χ0n) is 10.1. The maximum Gasteiger partial charge on any atom is 0.321 e. The van der Waals surface area contributed by atoms with E-state index < -0.39 is 0 Å². The van der Waals surface area contributed by atoms with Gasteiger partial charge >= 0.3 is 6.03 Å². The van der Waals surface area contributed by atoms with Gasteiger partial charge in [0, 0.05) is 19.2 Å². The van der Waals surface area contributed by atoms with E-state index in [1.54, 1.807) is 31.3 Å². The summed E-state index contributed by atoms with van der Waals surface area (Å²) in [5.41, 5.74) is 4.68. The predicted octanol–water partition coefficient (Wildman–Crippen LogP) is 1.16. The van der Waals surface area contributed by atoms with Gasteiger partial charge < -0.3 is 5.32 Å². The molecule has 0 unspecified atom stereocenters. The molecule has 0 saturated carbocycles. The van der Waals surface area contributed by atoms with E-state index >= 15 is 0 Å². The van der Waals surface area contributed by atoms with Crippen molar-refractivity contribution in [1.29, 1.82) is 10.5 Å². The standard InChI is InChI=1S/C12H10N6O/c1-18-11-4-2-3-10(9(11)7-15-12(18)19)17-16-8(5-13)6-14/h2-4,17H,7H2,1H3,(H,15,19). The highest BCUT2D eigenvalue weighted by Gasteiger charge is 2.22. The number of urea groups is 1. The number of hydrazone groups is 1. The Morgan fingerprint density at radius 3 is 2.89 bits per heavy atom. The maximum atomic E-state index is 11.5. The molecule has 7 heteroatoms. The van der Waals surface area contributed by atoms with Gasteiger partial charge in [-0.15, -0.1) is 0 Å². The van der Waals surface area contributed by atoms with Gasteiger partial charge in [0.15, 0.2) is 0 Å². The first-order chi connectivity index (χ1) is 9.17. The summed E-state index contributed by atoms with van der Waals surface area (Å²) in [5, 5.41) is 23.6. The Morgan fingerprint density at radius 2 is 2.21 bits per heavy atom. The number of amides is 2. The molecule has 94 valence electrons. The average molecular weight is 254 g/mol. The van der Waals surface area contributed by atoms with Crippen LogP contribution in [0, 0.1) is 22.7 Å². The number of nitrogens with one attached hydrogen (secondary N) is 2. The Bertz CT molecular complexity index is 621. The molecule has 0 aliphatic carbocycles. The third kappa shape index (κ3) is 2.31. The van der Waals surface area contributed by atoms with Crippen LogP contribution in [0.15, 0.2) is 23.3 Å². The number of benzene rings is 1. The van der Waals surface area contributed by atoms with E-state index in [0.29, 0.717) is 12.2 Å². The number of nitrogens with zero attached hydrogens (tertiary/aromatic N) is 4. The van der Waals surface area contributed by atoms with E-state index in [1.165, 1.54) is 4.90 Å². The summed E-state index contributed by atoms with van der Waals surface area (Å²) >= 11 is 0. The van der Waals surface area contributed by atoms with Gasteiger partial charge in [-0.3, -0.25) is 10.3 Å². The molecular formula is C12H10N6O. The second kappa shape index (κ2) is 5.07. The molecule has 7 nitrogen and oxygen atoms in total. The van der Waals surface area contributed by atoms with E-state index in [4.69, 9.17) is 10.5 Å². The van der Waals surface area contributed by atoms with Crippen LogP contribution in [0.1, 0.15) is 5.56 Å². The second-order valence-corrected chi connectivity index (χ2v) is 3.82. The van der Waals surface area contributed by atoms with Gasteiger partial charge in [-0.05, 0) is 12.1 Å². The fourth-order valence-electron chi connectivity index (χ4n) is 1.76. The van der Waals surface area contributed by atoms with Gasteiger partial charge in [0.2, 0.25) is 5.71 Å². The number of carbonyl (C=O) groups is 1. The highest BCUT2D eigenvalue weighted by molar-refractivity contribution is 6.10. The number of hydrogen-bond acceptors (Lipinski definition) is 5. The van der Waals surface area contributed by atoms with E-state index in [9.17, 15) is 4.79 Å². The summed E-state index contributed by atoms with van der Waals surface area (Å²) in [6, 6.07) is 8.50. The first-order valence-electron chi connectivity index (χ1n) is 5.44. The van der Waals surface area contributed by atoms with Crippen molar-refractivity contribution >= 4 is 23.1 Å². The Hall–Kier alpha value is -3.06. The molecule has 2 N–H and O–H groups in total. The highest BCUT2D eigenvalue weighted by Crippen LogP contribution is 2.29. The third-order valence-corrected chi connectivity index (χ3v) is 2.73. The summed E-state index contributed by atoms with van der Waals surface area (Å²) in [6.07, 6.45) is 0. The summed E-state index contributed by atoms with van der Waals surface area (Å²) in [6.45, 7) is 0.367. The van der Waals surface area contributed by atoms with Gasteiger partial charge in [-0.2, -0.15) is 15.6 Å². The summed E-state index contributed by atoms with van der Waals surface area (Å²) < 4.78 is 0. The van der Waals surface area contributed by atoms with Crippen LogP contribution in [0.3, 0.4) is 0 Å². The van der Waals surface area contributed by atoms with Crippen molar-refractivity contribution in [2.24, 2.45) is 5.10 Å². The normalized spacial score (nSPS) is 12.6. The van der Waals surface area contributed by atoms with Gasteiger partial charge in [0.1, 0.15) is 12.1 Å². The first-order valence-corrected chi connectivity index (χ1v) is 5.44. The van der Waals surface area contributed by atoms with Crippen LogP contribution in [-0.4, -0.2) is 18.8 Å². The molecule has 0 aromatic heterocycles. The molecule has 1 heterocycles. The minimum atomic E-state index is -0.259. The smallest absolute Gasteiger partial charge is 0.321 e. The average Bonchev–Trinajstić information content (AvgIpc) is 2.44. The lowest BCUT2D eigenvalue weighted by atomic mass is 10.1. The van der Waals surface area contributed by atoms with Crippen LogP contribution >= 0.6 is 0 Å². The van der Waals surface area contributed by atoms with Crippen LogP contribution < -0.4 is 15.6 Å². The fourth-order valence-corrected chi connectivity index (χ4v) is 1.76. The van der Waals surface area contributed by atoms with E-state index in [-0.39, 0.29) is 11.7 Å². The predicted molar refractivity (Wildman–Crippen MR) is 69.4 cm³/mol. The molecule has 1 aliphatic heterocycles. The molecule has 0 fully saturated rings. The van der Waals surface area contributed by atoms with Gasteiger partial charge in [0.05, 0.1) is 11.4 Å². The molecule has 0 atom stereocenters. The first kappa shape index (κ1) is 12.4. The lowest BCUT2D eigenvalue weighted by Gasteiger charge is -2.27. The molecule has 1 aromatic rings. The van der Waals surface area contributed by atoms with Crippen molar-refractivity contribution in [1.82, 2.24) is 5.32 Å². The van der Waals surface area contributed by atoms with Gasteiger partial charge in [-0.1, -0.05) is 6.07 Å². The Balaban J connectivity index is 2.35. The SMILES string of the molecule is CN1C(=O)NCc2c(NN=C(C#N)C#N)cccc21. The number of anilines is 2. The number of hydrogen-bond donors (Lipinski definition) is 2. The van der Waals surface area contributed by atoms with Crippen LogP contribution in [0.2, 0.25) is 0 Å². The highest BCUT2D eigenvalue weighted by atomic mass is 16.2. The van der Waals surface area contributed by atoms with Crippen molar-refractivity contribution in [3.8, 4) is 12.1 Å². The number of carbonyl (C=O) groups excluding carboxylic acids is 1. The van der Waals surface area contributed by atoms with Crippen molar-refractivity contribution in [3.05, 3.63) is 23.8 Å². The molecular weight excluding hydrogens is 244 g/mol. The van der Waals surface area contributed by atoms with Crippen molar-refractivity contribution in [3.63, 3.8) is 0 Å². The Kier molecular flexibility index (Phi) is 3.31. The van der Waals surface area contributed by atoms with E-state index in [1.807, 2.05) is 6.07 Å². The molecule has 0 saturated heterocycles. The van der Waals surface area contributed by atoms with E-state index in [2.05, 4.69) is 15.8 Å². The molecule has 1 aromatic carbocycles. The fraction of sp³-hybridized carbons (Fsp3) is 0.167. The number of fused-ring (bicyclic) bond motifs is 1. The molecule has 0 spiro atoms. The van der Waals surface area contributed by atoms with Crippen LogP contribution in [0.5, 0.6) is 0 Å². The quantitative estimate of drug-likeness (QED) is 0.610. The lowest BCUT2D eigenvalue weighted by Crippen LogP contribution is -2.41. The van der Waals surface area contributed by atoms with Gasteiger partial charge in [0.25, 0.3) is 0 Å². The molecule has 2 rings (SSSR count). The topological polar surface area (TPSA) is 104 Å². The Labute approximate surface area is 109 Å². The second-order valence-electron chi connectivity index (χ2n) is 3.82. The lowest BCUT2D eigenvalue weighted by molar-refractivity contribution is 0.246. The minimum absolute atomic E-state index is 0.178. The van der Waals surface area contributed by atoms with Crippen LogP contribution in [0.25, 0.3) is 0 Å². The zero-order valence-corrected chi connectivity index (χ0v) is 10.1. The summed E-state index contributed by atoms with van der Waals surface area (Å²) in [5.74, 6) is 0. The molecule has 0 radical (unpaired) electrons. The third-order valence-electron chi connectivity index (χ3n) is 2.73. The number of rotatable bonds is 2. The van der Waals surface area contributed by atoms with Gasteiger partial charge in [-0.25, -0.2) is 4.79 Å². The van der Waals surface area contributed by atoms with E-state index in [0.717, 1.165) is 11.3 Å². The molecule has 2 amide bonds. The molecule has 19 heavy (non-hydrogen) atoms. The zero-order chi connectivity index (χ0) is 13.8. The summed E-state index contributed by atoms with van der Waals surface area (Å²) in [7, 11) is 1.66. The van der Waals surface area contributed by atoms with Crippen LogP contribution in [-0.2, 0) is 6.54 Å². The maximum absolute atomic E-state index is 11.5.